The van der Waals surface area contributed by atoms with E-state index in [1.807, 2.05) is 0 Å². The number of phenols is 1. The quantitative estimate of drug-likeness (QED) is 0.0725. The fourth-order valence-corrected chi connectivity index (χ4v) is 4.80. The average molecular weight is 573 g/mol. The molecule has 0 aromatic heterocycles. The van der Waals surface area contributed by atoms with E-state index in [1.165, 1.54) is 24.3 Å². The zero-order valence-corrected chi connectivity index (χ0v) is 20.9. The molecule has 4 aromatic carbocycles. The minimum atomic E-state index is -5.11. The molecule has 0 saturated carbocycles. The van der Waals surface area contributed by atoms with Gasteiger partial charge in [-0.2, -0.15) is 27.1 Å². The smallest absolute Gasteiger partial charge is 0.296 e. The normalized spacial score (nSPS) is 12.5. The second kappa shape index (κ2) is 10.1. The van der Waals surface area contributed by atoms with Gasteiger partial charge in [-0.15, -0.1) is 10.2 Å². The zero-order valence-electron chi connectivity index (χ0n) is 19.3. The molecule has 0 spiro atoms. The molecule has 0 bridgehead atoms. The Balaban J connectivity index is 2.00. The summed E-state index contributed by atoms with van der Waals surface area (Å²) in [5.74, 6) is -0.991. The Hall–Kier alpha value is -4.84. The van der Waals surface area contributed by atoms with E-state index >= 15 is 0 Å². The van der Waals surface area contributed by atoms with Crippen LogP contribution in [0.25, 0.3) is 10.8 Å². The zero-order chi connectivity index (χ0) is 28.5. The molecule has 200 valence electrons. The Labute approximate surface area is 219 Å². The number of nitro groups is 1. The number of nitrogens with zero attached hydrogens (tertiary/aromatic N) is 5. The molecule has 5 N–H and O–H groups in total. The Morgan fingerprint density at radius 1 is 0.769 bits per heavy atom. The van der Waals surface area contributed by atoms with Crippen molar-refractivity contribution in [1.29, 1.82) is 0 Å². The van der Waals surface area contributed by atoms with Gasteiger partial charge in [-0.25, -0.2) is 0 Å². The van der Waals surface area contributed by atoms with Gasteiger partial charge in [0.15, 0.2) is 5.75 Å². The first-order valence-electron chi connectivity index (χ1n) is 10.5. The second-order valence-electron chi connectivity index (χ2n) is 7.76. The fourth-order valence-electron chi connectivity index (χ4n) is 3.45. The van der Waals surface area contributed by atoms with Gasteiger partial charge in [0, 0.05) is 17.5 Å². The number of nitrogen functional groups attached to an aromatic ring is 1. The van der Waals surface area contributed by atoms with Crippen LogP contribution in [-0.4, -0.2) is 36.0 Å². The third-order valence-electron chi connectivity index (χ3n) is 5.23. The number of azo groups is 2. The van der Waals surface area contributed by atoms with Crippen LogP contribution in [0.3, 0.4) is 0 Å². The third-order valence-corrected chi connectivity index (χ3v) is 6.99. The first-order chi connectivity index (χ1) is 18.3. The van der Waals surface area contributed by atoms with E-state index in [2.05, 4.69) is 20.5 Å². The summed E-state index contributed by atoms with van der Waals surface area (Å²) in [5.41, 5.74) is 4.71. The molecular formula is C22H16N6O9S2. The number of hydrogen-bond donors (Lipinski definition) is 4. The monoisotopic (exact) mass is 572 g/mol. The fraction of sp³-hybridized carbons (Fsp3) is 0. The van der Waals surface area contributed by atoms with Crippen LogP contribution in [0.15, 0.2) is 97.0 Å². The molecule has 0 fully saturated rings. The maximum absolute atomic E-state index is 12.2. The molecule has 0 unspecified atom stereocenters. The molecule has 0 aliphatic carbocycles. The van der Waals surface area contributed by atoms with Crippen LogP contribution in [0.1, 0.15) is 0 Å². The second-order valence-corrected chi connectivity index (χ2v) is 10.5. The van der Waals surface area contributed by atoms with Crippen molar-refractivity contribution in [2.45, 2.75) is 9.79 Å². The molecule has 0 atom stereocenters. The van der Waals surface area contributed by atoms with Crippen molar-refractivity contribution in [3.63, 3.8) is 0 Å². The highest BCUT2D eigenvalue weighted by Gasteiger charge is 2.28. The number of nitrogens with two attached hydrogens (primary N) is 1. The summed E-state index contributed by atoms with van der Waals surface area (Å²) in [6.45, 7) is 0. The summed E-state index contributed by atoms with van der Waals surface area (Å²) in [4.78, 5) is 8.26. The van der Waals surface area contributed by atoms with Crippen molar-refractivity contribution in [3.8, 4) is 5.75 Å². The van der Waals surface area contributed by atoms with E-state index in [0.29, 0.717) is 6.07 Å². The predicted octanol–water partition coefficient (Wildman–Crippen LogP) is 5.36. The molecule has 39 heavy (non-hydrogen) atoms. The van der Waals surface area contributed by atoms with Gasteiger partial charge >= 0.3 is 0 Å². The highest BCUT2D eigenvalue weighted by atomic mass is 32.2. The molecule has 17 heteroatoms. The summed E-state index contributed by atoms with van der Waals surface area (Å²) in [6.07, 6.45) is 0. The largest absolute Gasteiger partial charge is 0.505 e. The first-order valence-corrected chi connectivity index (χ1v) is 13.4. The molecule has 0 saturated heterocycles. The molecule has 4 aromatic rings. The molecular weight excluding hydrogens is 556 g/mol. The Kier molecular flexibility index (Phi) is 7.07. The van der Waals surface area contributed by atoms with Crippen LogP contribution >= 0.6 is 0 Å². The number of nitro benzene ring substituents is 1. The number of benzene rings is 4. The van der Waals surface area contributed by atoms with Gasteiger partial charge < -0.3 is 10.8 Å². The van der Waals surface area contributed by atoms with E-state index in [4.69, 9.17) is 5.73 Å². The molecule has 15 nitrogen and oxygen atoms in total. The van der Waals surface area contributed by atoms with Crippen LogP contribution in [0.2, 0.25) is 0 Å². The number of phenolic OH excluding ortho intramolecular Hbond substituents is 1. The maximum Gasteiger partial charge on any atom is 0.296 e. The number of aromatic hydroxyl groups is 1. The molecule has 0 heterocycles. The third kappa shape index (κ3) is 5.70. The van der Waals surface area contributed by atoms with Crippen molar-refractivity contribution in [1.82, 2.24) is 0 Å². The number of fused-ring (bicyclic) bond motifs is 1. The topological polar surface area (TPSA) is 248 Å². The van der Waals surface area contributed by atoms with Crippen molar-refractivity contribution in [3.05, 3.63) is 76.8 Å². The summed E-state index contributed by atoms with van der Waals surface area (Å²) >= 11 is 0. The SMILES string of the molecule is Nc1c(N=Nc2ccc([N+](=O)[O-])cc2)cc(S(=O)(=O)O)c2cc(S(=O)(=O)O)c(N=Nc3ccccc3)c(O)c12. The lowest BCUT2D eigenvalue weighted by atomic mass is 10.0. The summed E-state index contributed by atoms with van der Waals surface area (Å²) in [7, 11) is -10.2. The van der Waals surface area contributed by atoms with Crippen molar-refractivity contribution < 1.29 is 36.0 Å². The van der Waals surface area contributed by atoms with Gasteiger partial charge in [0.2, 0.25) is 0 Å². The molecule has 0 aliphatic rings. The van der Waals surface area contributed by atoms with Gasteiger partial charge in [0.25, 0.3) is 25.9 Å². The molecule has 0 aliphatic heterocycles. The van der Waals surface area contributed by atoms with Crippen LogP contribution in [0, 0.1) is 10.1 Å². The van der Waals surface area contributed by atoms with Crippen molar-refractivity contribution in [2.24, 2.45) is 20.5 Å². The number of anilines is 1. The minimum absolute atomic E-state index is 0.108. The minimum Gasteiger partial charge on any atom is -0.505 e. The summed E-state index contributed by atoms with van der Waals surface area (Å²) < 4.78 is 68.2. The van der Waals surface area contributed by atoms with E-state index in [9.17, 15) is 41.2 Å². The lowest BCUT2D eigenvalue weighted by molar-refractivity contribution is -0.384. The summed E-state index contributed by atoms with van der Waals surface area (Å²) in [6, 6.07) is 14.1. The van der Waals surface area contributed by atoms with Gasteiger partial charge in [-0.3, -0.25) is 19.2 Å². The highest BCUT2D eigenvalue weighted by Crippen LogP contribution is 2.48. The van der Waals surface area contributed by atoms with Gasteiger partial charge in [0.05, 0.1) is 27.4 Å². The maximum atomic E-state index is 12.2. The lowest BCUT2D eigenvalue weighted by Crippen LogP contribution is -2.04. The Morgan fingerprint density at radius 3 is 1.90 bits per heavy atom. The van der Waals surface area contributed by atoms with Crippen molar-refractivity contribution >= 4 is 65.1 Å². The number of hydrogen-bond acceptors (Lipinski definition) is 12. The molecule has 4 rings (SSSR count). The number of rotatable bonds is 7. The van der Waals surface area contributed by atoms with Crippen LogP contribution in [0.4, 0.5) is 34.1 Å². The van der Waals surface area contributed by atoms with E-state index in [0.717, 1.165) is 18.2 Å². The Morgan fingerprint density at radius 2 is 1.33 bits per heavy atom. The summed E-state index contributed by atoms with van der Waals surface area (Å²) in [5, 5.41) is 36.0. The standard InChI is InChI=1S/C22H16N6O9S2/c23-20-16(26-24-13-6-8-14(9-7-13)28(30)31)11-17(38(32,33)34)15-10-18(39(35,36)37)21(22(29)19(15)20)27-25-12-4-2-1-3-5-12/h1-11,29H,23H2,(H,32,33,34)(H,35,36,37). The molecule has 0 radical (unpaired) electrons. The first kappa shape index (κ1) is 27.2. The average Bonchev–Trinajstić information content (AvgIpc) is 2.87. The van der Waals surface area contributed by atoms with Gasteiger partial charge in [0.1, 0.15) is 21.2 Å². The van der Waals surface area contributed by atoms with Gasteiger partial charge in [-0.05, 0) is 36.4 Å². The highest BCUT2D eigenvalue weighted by molar-refractivity contribution is 7.86. The molecule has 0 amide bonds. The van der Waals surface area contributed by atoms with E-state index < -0.39 is 62.8 Å². The van der Waals surface area contributed by atoms with Crippen LogP contribution in [-0.2, 0) is 20.2 Å². The Bertz CT molecular complexity index is 1890. The van der Waals surface area contributed by atoms with E-state index in [1.54, 1.807) is 18.2 Å². The van der Waals surface area contributed by atoms with Crippen LogP contribution in [0.5, 0.6) is 5.75 Å². The van der Waals surface area contributed by atoms with E-state index in [-0.39, 0.29) is 22.7 Å². The lowest BCUT2D eigenvalue weighted by Gasteiger charge is -2.14. The van der Waals surface area contributed by atoms with Crippen molar-refractivity contribution in [2.75, 3.05) is 5.73 Å². The van der Waals surface area contributed by atoms with Gasteiger partial charge in [-0.1, -0.05) is 18.2 Å². The van der Waals surface area contributed by atoms with Crippen LogP contribution < -0.4 is 5.73 Å². The predicted molar refractivity (Wildman–Crippen MR) is 138 cm³/mol. The number of non-ortho nitro benzene ring substituents is 1.